The van der Waals surface area contributed by atoms with Crippen molar-refractivity contribution >= 4 is 79.9 Å². The molecule has 2 aliphatic rings. The van der Waals surface area contributed by atoms with Gasteiger partial charge in [0.05, 0.1) is 75.0 Å². The summed E-state index contributed by atoms with van der Waals surface area (Å²) in [5, 5.41) is 36.1. The minimum absolute atomic E-state index is 0.155. The second kappa shape index (κ2) is 27.0. The van der Waals surface area contributed by atoms with Gasteiger partial charge >= 0.3 is 23.9 Å². The molecule has 0 saturated carbocycles. The number of fused-ring (bicyclic) bond motifs is 4. The van der Waals surface area contributed by atoms with Crippen LogP contribution in [0.1, 0.15) is 54.3 Å². The fourth-order valence-corrected chi connectivity index (χ4v) is 9.89. The van der Waals surface area contributed by atoms with Crippen molar-refractivity contribution in [2.45, 2.75) is 12.8 Å². The number of carboxylic acid groups (broad SMARTS) is 4. The van der Waals surface area contributed by atoms with E-state index in [1.807, 2.05) is 24.3 Å². The normalized spacial score (nSPS) is 12.7. The number of hydrogen-bond donors (Lipinski definition) is 4. The average Bonchev–Trinajstić information content (AvgIpc) is 2.04. The molecule has 2 fully saturated rings. The molecule has 2 aliphatic heterocycles. The molecular formula is C66H56N8O17. The van der Waals surface area contributed by atoms with Gasteiger partial charge in [-0.25, -0.2) is 49.1 Å². The number of benzene rings is 6. The summed E-state index contributed by atoms with van der Waals surface area (Å²) in [4.78, 5) is 75.0. The number of morpholine rings is 1. The molecular weight excluding hydrogens is 1180 g/mol. The number of nitrogens with zero attached hydrogens (tertiary/aromatic N) is 8. The smallest absolute Gasteiger partial charge is 0.335 e. The minimum Gasteiger partial charge on any atom is -0.493 e. The van der Waals surface area contributed by atoms with Crippen LogP contribution in [0, 0.1) is 0 Å². The van der Waals surface area contributed by atoms with Crippen LogP contribution in [0.5, 0.6) is 23.0 Å². The van der Waals surface area contributed by atoms with Gasteiger partial charge in [-0.3, -0.25) is 0 Å². The molecule has 91 heavy (non-hydrogen) atoms. The number of hydrogen-bond acceptors (Lipinski definition) is 21. The molecule has 0 atom stereocenters. The molecule has 0 amide bonds. The van der Waals surface area contributed by atoms with Crippen LogP contribution in [0.25, 0.3) is 90.2 Å². The van der Waals surface area contributed by atoms with E-state index in [0.29, 0.717) is 115 Å². The van der Waals surface area contributed by atoms with E-state index in [9.17, 15) is 19.2 Å². The van der Waals surface area contributed by atoms with Crippen LogP contribution in [0.15, 0.2) is 164 Å². The van der Waals surface area contributed by atoms with Gasteiger partial charge in [-0.15, -0.1) is 0 Å². The van der Waals surface area contributed by atoms with Crippen molar-refractivity contribution in [2.24, 2.45) is 0 Å². The van der Waals surface area contributed by atoms with Crippen molar-refractivity contribution in [1.29, 1.82) is 0 Å². The molecule has 4 N–H and O–H groups in total. The van der Waals surface area contributed by atoms with E-state index in [4.69, 9.17) is 61.8 Å². The predicted octanol–water partition coefficient (Wildman–Crippen LogP) is 12.0. The van der Waals surface area contributed by atoms with Crippen LogP contribution in [-0.4, -0.2) is 142 Å². The number of carbonyl (C=O) groups is 4. The minimum atomic E-state index is -1.01. The summed E-state index contributed by atoms with van der Waals surface area (Å²) in [5.74, 6) is 1.79. The highest BCUT2D eigenvalue weighted by Crippen LogP contribution is 2.37. The zero-order chi connectivity index (χ0) is 63.7. The summed E-state index contributed by atoms with van der Waals surface area (Å²) in [6.07, 6.45) is 5.80. The first-order valence-electron chi connectivity index (χ1n) is 28.2. The Morgan fingerprint density at radius 1 is 0.418 bits per heavy atom. The quantitative estimate of drug-likeness (QED) is 0.0786. The monoisotopic (exact) mass is 1230 g/mol. The maximum atomic E-state index is 11.1. The van der Waals surface area contributed by atoms with Crippen LogP contribution >= 0.6 is 0 Å². The number of methoxy groups -OCH3 is 4. The molecule has 14 rings (SSSR count). The van der Waals surface area contributed by atoms with Crippen LogP contribution in [0.4, 0.5) is 11.6 Å². The first-order chi connectivity index (χ1) is 44.2. The molecule has 0 aliphatic carbocycles. The molecule has 6 aromatic heterocycles. The highest BCUT2D eigenvalue weighted by atomic mass is 16.5. The number of rotatable bonds is 14. The Bertz CT molecular complexity index is 4500. The van der Waals surface area contributed by atoms with Crippen molar-refractivity contribution in [3.63, 3.8) is 0 Å². The first kappa shape index (κ1) is 60.8. The average molecular weight is 1230 g/mol. The summed E-state index contributed by atoms with van der Waals surface area (Å²) < 4.78 is 49.0. The molecule has 25 heteroatoms. The van der Waals surface area contributed by atoms with Crippen molar-refractivity contribution in [1.82, 2.24) is 29.9 Å². The zero-order valence-corrected chi connectivity index (χ0v) is 49.2. The Morgan fingerprint density at radius 2 is 0.857 bits per heavy atom. The second-order valence-electron chi connectivity index (χ2n) is 20.2. The van der Waals surface area contributed by atoms with E-state index >= 15 is 0 Å². The summed E-state index contributed by atoms with van der Waals surface area (Å²) in [5.41, 5.74) is 7.89. The third kappa shape index (κ3) is 13.7. The highest BCUT2D eigenvalue weighted by molar-refractivity contribution is 5.95. The Balaban J connectivity index is 0.000000125. The SMILES string of the molecule is COc1ccc(-c2nc3cc(C(=O)O)ccc3o2)cc1OC.COc1ccc(-c2nc3ccc(C(=O)O)cc3o2)cc1OC.O=C(O)c1ccc2nc(-c3ccc(N4CCOCC4)nc3)oc2c1.O=C(O)c1ccc2nc(-c3cccnc3N3CCCC3)oc2c1. The third-order valence-electron chi connectivity index (χ3n) is 14.6. The topological polar surface area (TPSA) is 332 Å². The molecule has 0 unspecified atom stereocenters. The van der Waals surface area contributed by atoms with E-state index < -0.39 is 23.9 Å². The number of anilines is 2. The van der Waals surface area contributed by atoms with E-state index in [-0.39, 0.29) is 22.3 Å². The molecule has 12 aromatic rings. The lowest BCUT2D eigenvalue weighted by molar-refractivity contribution is 0.0686. The largest absolute Gasteiger partial charge is 0.493 e. The van der Waals surface area contributed by atoms with E-state index in [2.05, 4.69) is 39.7 Å². The van der Waals surface area contributed by atoms with Gasteiger partial charge in [0, 0.05) is 49.7 Å². The van der Waals surface area contributed by atoms with Gasteiger partial charge in [-0.1, -0.05) is 0 Å². The fourth-order valence-electron chi connectivity index (χ4n) is 9.89. The first-order valence-corrected chi connectivity index (χ1v) is 28.2. The van der Waals surface area contributed by atoms with Crippen LogP contribution in [-0.2, 0) is 4.74 Å². The lowest BCUT2D eigenvalue weighted by Crippen LogP contribution is -2.36. The van der Waals surface area contributed by atoms with Crippen molar-refractivity contribution in [3.8, 4) is 68.8 Å². The summed E-state index contributed by atoms with van der Waals surface area (Å²) in [6.45, 7) is 5.03. The van der Waals surface area contributed by atoms with Crippen molar-refractivity contribution < 1.29 is 81.0 Å². The maximum absolute atomic E-state index is 11.1. The van der Waals surface area contributed by atoms with Crippen molar-refractivity contribution in [3.05, 3.63) is 168 Å². The van der Waals surface area contributed by atoms with E-state index in [1.165, 1.54) is 48.5 Å². The van der Waals surface area contributed by atoms with Crippen LogP contribution in [0.3, 0.4) is 0 Å². The summed E-state index contributed by atoms with van der Waals surface area (Å²) >= 11 is 0. The molecule has 8 heterocycles. The number of pyridine rings is 2. The van der Waals surface area contributed by atoms with Gasteiger partial charge in [0.2, 0.25) is 23.6 Å². The van der Waals surface area contributed by atoms with Crippen LogP contribution < -0.4 is 28.7 Å². The lowest BCUT2D eigenvalue weighted by atomic mass is 10.2. The Kier molecular flexibility index (Phi) is 18.1. The Morgan fingerprint density at radius 3 is 1.34 bits per heavy atom. The van der Waals surface area contributed by atoms with Gasteiger partial charge in [0.25, 0.3) is 0 Å². The van der Waals surface area contributed by atoms with E-state index in [1.54, 1.807) is 101 Å². The van der Waals surface area contributed by atoms with Gasteiger partial charge in [0.1, 0.15) is 33.7 Å². The van der Waals surface area contributed by atoms with Crippen molar-refractivity contribution in [2.75, 3.05) is 77.6 Å². The second-order valence-corrected chi connectivity index (χ2v) is 20.2. The molecule has 6 aromatic carbocycles. The summed E-state index contributed by atoms with van der Waals surface area (Å²) in [7, 11) is 6.22. The molecule has 462 valence electrons. The number of ether oxygens (including phenoxy) is 5. The van der Waals surface area contributed by atoms with Gasteiger partial charge in [0.15, 0.2) is 45.3 Å². The van der Waals surface area contributed by atoms with Gasteiger partial charge in [-0.05, 0) is 146 Å². The fraction of sp³-hybridized carbons (Fsp3) is 0.182. The van der Waals surface area contributed by atoms with Gasteiger partial charge in [-0.2, -0.15) is 0 Å². The lowest BCUT2D eigenvalue weighted by Gasteiger charge is -2.27. The van der Waals surface area contributed by atoms with Crippen LogP contribution in [0.2, 0.25) is 0 Å². The standard InChI is InChI=1S/C17H15N3O4.C17H15N3O3.2C16H13NO5/c21-17(22)11-1-3-13-14(9-11)24-16(19-13)12-2-4-15(18-10-12)20-5-7-23-8-6-20;21-17(22)11-5-6-13-14(10-11)23-16(19-13)12-4-3-7-18-15(12)20-8-1-2-9-20;1-20-13-6-3-9(8-14(13)21-2)15-17-11-7-10(16(18)19)4-5-12(11)22-15;1-20-12-6-4-9(7-14(12)21-2)15-17-11-5-3-10(16(18)19)8-13(11)22-15/h1-4,9-10H,5-8H2,(H,21,22);3-7,10H,1-2,8-9H2,(H,21,22);2*3-8H,1-2H3,(H,18,19). The summed E-state index contributed by atoms with van der Waals surface area (Å²) in [6, 6.07) is 36.7. The number of aromatic nitrogens is 6. The molecule has 2 saturated heterocycles. The number of oxazole rings is 4. The zero-order valence-electron chi connectivity index (χ0n) is 49.2. The third-order valence-corrected chi connectivity index (χ3v) is 14.6. The Labute approximate surface area is 516 Å². The maximum Gasteiger partial charge on any atom is 0.335 e. The van der Waals surface area contributed by atoms with E-state index in [0.717, 1.165) is 61.8 Å². The molecule has 0 spiro atoms. The predicted molar refractivity (Wildman–Crippen MR) is 332 cm³/mol. The Hall–Kier alpha value is -11.9. The van der Waals surface area contributed by atoms with Gasteiger partial charge < -0.3 is 71.6 Å². The number of aromatic carboxylic acids is 4. The highest BCUT2D eigenvalue weighted by Gasteiger charge is 2.23. The molecule has 0 radical (unpaired) electrons. The molecule has 25 nitrogen and oxygen atoms in total. The molecule has 0 bridgehead atoms. The number of carboxylic acids is 4.